The van der Waals surface area contributed by atoms with Crippen molar-refractivity contribution >= 4 is 0 Å². The van der Waals surface area contributed by atoms with Gasteiger partial charge in [0.1, 0.15) is 17.3 Å². The average molecular weight is 275 g/mol. The molecule has 1 N–H and O–H groups in total. The Balaban J connectivity index is 2.42. The zero-order valence-electron chi connectivity index (χ0n) is 11.8. The van der Waals surface area contributed by atoms with E-state index in [1.54, 1.807) is 26.4 Å². The van der Waals surface area contributed by atoms with Crippen LogP contribution in [0.15, 0.2) is 42.5 Å². The first-order valence-electron chi connectivity index (χ1n) is 6.33. The molecule has 0 fully saturated rings. The first kappa shape index (κ1) is 14.3. The maximum absolute atomic E-state index is 13.0. The molecule has 3 nitrogen and oxygen atoms in total. The van der Waals surface area contributed by atoms with Gasteiger partial charge in [-0.2, -0.15) is 0 Å². The van der Waals surface area contributed by atoms with Gasteiger partial charge >= 0.3 is 0 Å². The average Bonchev–Trinajstić information content (AvgIpc) is 2.49. The zero-order valence-corrected chi connectivity index (χ0v) is 11.8. The predicted molar refractivity (Wildman–Crippen MR) is 76.8 cm³/mol. The molecule has 0 bridgehead atoms. The lowest BCUT2D eigenvalue weighted by Gasteiger charge is -2.19. The molecule has 2 rings (SSSR count). The summed E-state index contributed by atoms with van der Waals surface area (Å²) in [4.78, 5) is 0. The number of methoxy groups -OCH3 is 2. The Morgan fingerprint density at radius 2 is 1.45 bits per heavy atom. The van der Waals surface area contributed by atoms with Crippen LogP contribution in [0.4, 0.5) is 4.39 Å². The fourth-order valence-electron chi connectivity index (χ4n) is 2.18. The van der Waals surface area contributed by atoms with Crippen LogP contribution < -0.4 is 14.8 Å². The Hall–Kier alpha value is -2.07. The summed E-state index contributed by atoms with van der Waals surface area (Å²) in [5.74, 6) is 1.20. The molecule has 1 unspecified atom stereocenters. The normalized spacial score (nSPS) is 12.0. The molecule has 0 aromatic heterocycles. The Bertz CT molecular complexity index is 547. The van der Waals surface area contributed by atoms with Crippen molar-refractivity contribution in [2.75, 3.05) is 21.3 Å². The molecule has 0 aliphatic heterocycles. The lowest BCUT2D eigenvalue weighted by molar-refractivity contribution is 0.392. The molecular weight excluding hydrogens is 257 g/mol. The molecule has 4 heteroatoms. The van der Waals surface area contributed by atoms with Gasteiger partial charge in [0.25, 0.3) is 0 Å². The fraction of sp³-hybridized carbons (Fsp3) is 0.250. The summed E-state index contributed by atoms with van der Waals surface area (Å²) in [7, 11) is 5.09. The second-order valence-corrected chi connectivity index (χ2v) is 4.42. The first-order chi connectivity index (χ1) is 9.67. The third kappa shape index (κ3) is 3.08. The Morgan fingerprint density at radius 3 is 1.90 bits per heavy atom. The molecule has 0 saturated heterocycles. The van der Waals surface area contributed by atoms with Gasteiger partial charge in [0.15, 0.2) is 0 Å². The van der Waals surface area contributed by atoms with Gasteiger partial charge in [0.2, 0.25) is 0 Å². The van der Waals surface area contributed by atoms with Gasteiger partial charge < -0.3 is 14.8 Å². The van der Waals surface area contributed by atoms with Crippen molar-refractivity contribution in [1.29, 1.82) is 0 Å². The van der Waals surface area contributed by atoms with Crippen LogP contribution in [0.25, 0.3) is 0 Å². The maximum Gasteiger partial charge on any atom is 0.123 e. The standard InChI is InChI=1S/C16H18FNO2/c1-18-16(11-4-6-13(17)7-5-11)12-8-14(19-2)10-15(9-12)20-3/h4-10,16,18H,1-3H3. The number of nitrogens with one attached hydrogen (secondary N) is 1. The second-order valence-electron chi connectivity index (χ2n) is 4.42. The summed E-state index contributed by atoms with van der Waals surface area (Å²) in [6, 6.07) is 12.1. The SMILES string of the molecule is CNC(c1ccc(F)cc1)c1cc(OC)cc(OC)c1. The summed E-state index contributed by atoms with van der Waals surface area (Å²) in [5.41, 5.74) is 1.97. The molecule has 1 atom stereocenters. The van der Waals surface area contributed by atoms with Crippen molar-refractivity contribution in [2.45, 2.75) is 6.04 Å². The van der Waals surface area contributed by atoms with Gasteiger partial charge in [0, 0.05) is 6.07 Å². The molecule has 0 heterocycles. The first-order valence-corrected chi connectivity index (χ1v) is 6.33. The number of hydrogen-bond donors (Lipinski definition) is 1. The summed E-state index contributed by atoms with van der Waals surface area (Å²) >= 11 is 0. The van der Waals surface area contributed by atoms with Crippen LogP contribution in [0.1, 0.15) is 17.2 Å². The Kier molecular flexibility index (Phi) is 4.58. The van der Waals surface area contributed by atoms with E-state index in [1.165, 1.54) is 12.1 Å². The molecule has 0 spiro atoms. The van der Waals surface area contributed by atoms with E-state index in [0.29, 0.717) is 0 Å². The third-order valence-corrected chi connectivity index (χ3v) is 3.20. The van der Waals surface area contributed by atoms with E-state index >= 15 is 0 Å². The lowest BCUT2D eigenvalue weighted by atomic mass is 9.98. The molecule has 20 heavy (non-hydrogen) atoms. The highest BCUT2D eigenvalue weighted by Gasteiger charge is 2.14. The van der Waals surface area contributed by atoms with Crippen LogP contribution >= 0.6 is 0 Å². The van der Waals surface area contributed by atoms with Crippen molar-refractivity contribution in [2.24, 2.45) is 0 Å². The minimum absolute atomic E-state index is 0.0559. The van der Waals surface area contributed by atoms with E-state index < -0.39 is 0 Å². The quantitative estimate of drug-likeness (QED) is 0.909. The molecule has 2 aromatic rings. The lowest BCUT2D eigenvalue weighted by Crippen LogP contribution is -2.17. The minimum atomic E-state index is -0.244. The van der Waals surface area contributed by atoms with Gasteiger partial charge in [-0.1, -0.05) is 12.1 Å². The highest BCUT2D eigenvalue weighted by molar-refractivity contribution is 5.43. The summed E-state index contributed by atoms with van der Waals surface area (Å²) in [6.45, 7) is 0. The summed E-state index contributed by atoms with van der Waals surface area (Å²) in [6.07, 6.45) is 0. The number of rotatable bonds is 5. The van der Waals surface area contributed by atoms with Gasteiger partial charge in [-0.3, -0.25) is 0 Å². The second kappa shape index (κ2) is 6.39. The molecule has 106 valence electrons. The topological polar surface area (TPSA) is 30.5 Å². The van der Waals surface area contributed by atoms with E-state index in [2.05, 4.69) is 5.32 Å². The van der Waals surface area contributed by atoms with E-state index in [9.17, 15) is 4.39 Å². The molecule has 0 radical (unpaired) electrons. The molecular formula is C16H18FNO2. The van der Waals surface area contributed by atoms with Crippen molar-refractivity contribution in [3.05, 3.63) is 59.4 Å². The van der Waals surface area contributed by atoms with Gasteiger partial charge in [0.05, 0.1) is 20.3 Å². The summed E-state index contributed by atoms with van der Waals surface area (Å²) in [5, 5.41) is 3.22. The minimum Gasteiger partial charge on any atom is -0.497 e. The van der Waals surface area contributed by atoms with Crippen LogP contribution in [0.3, 0.4) is 0 Å². The van der Waals surface area contributed by atoms with Crippen LogP contribution in [-0.2, 0) is 0 Å². The predicted octanol–water partition coefficient (Wildman–Crippen LogP) is 3.15. The van der Waals surface area contributed by atoms with E-state index in [1.807, 2.05) is 25.2 Å². The van der Waals surface area contributed by atoms with Gasteiger partial charge in [-0.25, -0.2) is 4.39 Å². The van der Waals surface area contributed by atoms with E-state index in [-0.39, 0.29) is 11.9 Å². The zero-order chi connectivity index (χ0) is 14.5. The number of halogens is 1. The van der Waals surface area contributed by atoms with Crippen LogP contribution in [0.2, 0.25) is 0 Å². The third-order valence-electron chi connectivity index (χ3n) is 3.20. The van der Waals surface area contributed by atoms with E-state index in [0.717, 1.165) is 22.6 Å². The molecule has 0 aliphatic rings. The largest absolute Gasteiger partial charge is 0.497 e. The van der Waals surface area contributed by atoms with Crippen molar-refractivity contribution in [3.8, 4) is 11.5 Å². The smallest absolute Gasteiger partial charge is 0.123 e. The number of hydrogen-bond acceptors (Lipinski definition) is 3. The van der Waals surface area contributed by atoms with Crippen LogP contribution in [-0.4, -0.2) is 21.3 Å². The van der Waals surface area contributed by atoms with E-state index in [4.69, 9.17) is 9.47 Å². The van der Waals surface area contributed by atoms with Crippen LogP contribution in [0.5, 0.6) is 11.5 Å². The Morgan fingerprint density at radius 1 is 0.900 bits per heavy atom. The van der Waals surface area contributed by atoms with Gasteiger partial charge in [-0.15, -0.1) is 0 Å². The highest BCUT2D eigenvalue weighted by Crippen LogP contribution is 2.29. The Labute approximate surface area is 118 Å². The maximum atomic E-state index is 13.0. The highest BCUT2D eigenvalue weighted by atomic mass is 19.1. The fourth-order valence-corrected chi connectivity index (χ4v) is 2.18. The molecule has 0 amide bonds. The molecule has 2 aromatic carbocycles. The molecule has 0 saturated carbocycles. The van der Waals surface area contributed by atoms with Crippen molar-refractivity contribution in [3.63, 3.8) is 0 Å². The van der Waals surface area contributed by atoms with Gasteiger partial charge in [-0.05, 0) is 42.4 Å². The molecule has 0 aliphatic carbocycles. The summed E-state index contributed by atoms with van der Waals surface area (Å²) < 4.78 is 23.6. The number of benzene rings is 2. The number of ether oxygens (including phenoxy) is 2. The van der Waals surface area contributed by atoms with Crippen LogP contribution in [0, 0.1) is 5.82 Å². The monoisotopic (exact) mass is 275 g/mol. The van der Waals surface area contributed by atoms with Crippen molar-refractivity contribution in [1.82, 2.24) is 5.32 Å². The van der Waals surface area contributed by atoms with Crippen molar-refractivity contribution < 1.29 is 13.9 Å².